The Balaban J connectivity index is 2.25. The maximum Gasteiger partial charge on any atom is 0.269 e. The Morgan fingerprint density at radius 2 is 2.26 bits per heavy atom. The lowest BCUT2D eigenvalue weighted by molar-refractivity contribution is 0.665. The number of nitrogens with zero attached hydrogens (tertiary/aromatic N) is 6. The fraction of sp³-hybridized carbons (Fsp3) is 0.0833. The third kappa shape index (κ3) is 1.81. The van der Waals surface area contributed by atoms with E-state index in [1.807, 2.05) is 6.07 Å². The highest BCUT2D eigenvalue weighted by molar-refractivity contribution is 5.54. The summed E-state index contributed by atoms with van der Waals surface area (Å²) >= 11 is 0. The van der Waals surface area contributed by atoms with Crippen molar-refractivity contribution in [2.75, 3.05) is 0 Å². The molecular weight excluding hydrogens is 244 g/mol. The molecule has 3 aromatic heterocycles. The molecule has 7 heteroatoms. The third-order valence-electron chi connectivity index (χ3n) is 2.69. The summed E-state index contributed by atoms with van der Waals surface area (Å²) in [6, 6.07) is 5.35. The second kappa shape index (κ2) is 4.45. The first-order valence-corrected chi connectivity index (χ1v) is 5.65. The molecule has 0 unspecified atom stereocenters. The molecule has 0 aromatic carbocycles. The second-order valence-corrected chi connectivity index (χ2v) is 3.88. The number of tetrazole rings is 1. The van der Waals surface area contributed by atoms with Crippen molar-refractivity contribution in [3.05, 3.63) is 53.6 Å². The minimum atomic E-state index is -0.203. The number of aromatic nitrogens is 6. The monoisotopic (exact) mass is 254 g/mol. The Bertz CT molecular complexity index is 803. The summed E-state index contributed by atoms with van der Waals surface area (Å²) in [6.07, 6.45) is 4.81. The van der Waals surface area contributed by atoms with E-state index in [0.717, 1.165) is 0 Å². The summed E-state index contributed by atoms with van der Waals surface area (Å²) in [5.74, 6) is 0.385. The van der Waals surface area contributed by atoms with Gasteiger partial charge in [-0.1, -0.05) is 12.1 Å². The minimum absolute atomic E-state index is 0.203. The molecule has 3 heterocycles. The van der Waals surface area contributed by atoms with Crippen molar-refractivity contribution in [2.45, 2.75) is 6.54 Å². The van der Waals surface area contributed by atoms with Crippen molar-refractivity contribution < 1.29 is 0 Å². The SMILES string of the molecule is C=CCn1nnnc1-c1cnc2ccccn2c1=O. The van der Waals surface area contributed by atoms with Crippen molar-refractivity contribution in [3.8, 4) is 11.4 Å². The van der Waals surface area contributed by atoms with E-state index in [1.54, 1.807) is 24.4 Å². The molecule has 0 fully saturated rings. The molecule has 3 aromatic rings. The molecule has 0 saturated carbocycles. The summed E-state index contributed by atoms with van der Waals surface area (Å²) in [6.45, 7) is 4.06. The topological polar surface area (TPSA) is 78.0 Å². The number of allylic oxidation sites excluding steroid dienone is 1. The quantitative estimate of drug-likeness (QED) is 0.637. The van der Waals surface area contributed by atoms with E-state index in [1.165, 1.54) is 15.3 Å². The molecule has 0 N–H and O–H groups in total. The van der Waals surface area contributed by atoms with Crippen LogP contribution < -0.4 is 5.56 Å². The first-order valence-electron chi connectivity index (χ1n) is 5.65. The molecular formula is C12H10N6O. The van der Waals surface area contributed by atoms with Gasteiger partial charge in [-0.3, -0.25) is 9.20 Å². The van der Waals surface area contributed by atoms with E-state index in [2.05, 4.69) is 27.1 Å². The zero-order chi connectivity index (χ0) is 13.2. The van der Waals surface area contributed by atoms with Gasteiger partial charge in [0.15, 0.2) is 5.82 Å². The van der Waals surface area contributed by atoms with Crippen LogP contribution in [0, 0.1) is 0 Å². The van der Waals surface area contributed by atoms with E-state index in [0.29, 0.717) is 23.6 Å². The number of fused-ring (bicyclic) bond motifs is 1. The van der Waals surface area contributed by atoms with Gasteiger partial charge < -0.3 is 0 Å². The van der Waals surface area contributed by atoms with Crippen LogP contribution in [0.25, 0.3) is 17.0 Å². The van der Waals surface area contributed by atoms with E-state index < -0.39 is 0 Å². The fourth-order valence-electron chi connectivity index (χ4n) is 1.82. The van der Waals surface area contributed by atoms with Crippen LogP contribution in [0.3, 0.4) is 0 Å². The molecule has 0 aliphatic rings. The Morgan fingerprint density at radius 3 is 3.11 bits per heavy atom. The van der Waals surface area contributed by atoms with Gasteiger partial charge in [-0.05, 0) is 22.6 Å². The molecule has 0 bridgehead atoms. The van der Waals surface area contributed by atoms with Crippen LogP contribution in [-0.2, 0) is 6.54 Å². The van der Waals surface area contributed by atoms with Crippen molar-refractivity contribution in [1.82, 2.24) is 29.6 Å². The maximum atomic E-state index is 12.4. The van der Waals surface area contributed by atoms with Crippen LogP contribution in [0.5, 0.6) is 0 Å². The lowest BCUT2D eigenvalue weighted by Gasteiger charge is -2.03. The standard InChI is InChI=1S/C12H10N6O/c1-2-6-18-11(14-15-16-18)9-8-13-10-5-3-4-7-17(10)12(9)19/h2-5,7-8H,1,6H2. The summed E-state index contributed by atoms with van der Waals surface area (Å²) in [7, 11) is 0. The summed E-state index contributed by atoms with van der Waals surface area (Å²) in [4.78, 5) is 16.6. The van der Waals surface area contributed by atoms with Crippen molar-refractivity contribution in [2.24, 2.45) is 0 Å². The molecule has 0 saturated heterocycles. The van der Waals surface area contributed by atoms with Gasteiger partial charge in [0.25, 0.3) is 5.56 Å². The first-order chi connectivity index (χ1) is 9.31. The predicted molar refractivity (Wildman–Crippen MR) is 68.5 cm³/mol. The van der Waals surface area contributed by atoms with Gasteiger partial charge in [-0.2, -0.15) is 0 Å². The maximum absolute atomic E-state index is 12.4. The lowest BCUT2D eigenvalue weighted by atomic mass is 10.3. The highest BCUT2D eigenvalue weighted by Gasteiger charge is 2.13. The van der Waals surface area contributed by atoms with Crippen LogP contribution in [-0.4, -0.2) is 29.6 Å². The number of rotatable bonds is 3. The third-order valence-corrected chi connectivity index (χ3v) is 2.69. The lowest BCUT2D eigenvalue weighted by Crippen LogP contribution is -2.18. The fourth-order valence-corrected chi connectivity index (χ4v) is 1.82. The number of hydrogen-bond acceptors (Lipinski definition) is 5. The molecule has 0 amide bonds. The second-order valence-electron chi connectivity index (χ2n) is 3.88. The molecule has 0 radical (unpaired) electrons. The average molecular weight is 254 g/mol. The predicted octanol–water partition coefficient (Wildman–Crippen LogP) is 0.534. The van der Waals surface area contributed by atoms with Crippen LogP contribution in [0.4, 0.5) is 0 Å². The minimum Gasteiger partial charge on any atom is -0.268 e. The van der Waals surface area contributed by atoms with E-state index in [-0.39, 0.29) is 5.56 Å². The zero-order valence-corrected chi connectivity index (χ0v) is 9.97. The Kier molecular flexibility index (Phi) is 2.64. The Hall–Kier alpha value is -2.83. The molecule has 19 heavy (non-hydrogen) atoms. The van der Waals surface area contributed by atoms with E-state index in [4.69, 9.17) is 0 Å². The molecule has 3 rings (SSSR count). The van der Waals surface area contributed by atoms with Gasteiger partial charge in [0.05, 0.1) is 6.54 Å². The van der Waals surface area contributed by atoms with Gasteiger partial charge in [0.2, 0.25) is 0 Å². The average Bonchev–Trinajstić information content (AvgIpc) is 2.88. The molecule has 0 aliphatic heterocycles. The highest BCUT2D eigenvalue weighted by Crippen LogP contribution is 2.10. The normalized spacial score (nSPS) is 10.7. The van der Waals surface area contributed by atoms with Crippen molar-refractivity contribution >= 4 is 5.65 Å². The van der Waals surface area contributed by atoms with Crippen molar-refractivity contribution in [1.29, 1.82) is 0 Å². The summed E-state index contributed by atoms with van der Waals surface area (Å²) in [5, 5.41) is 11.3. The van der Waals surface area contributed by atoms with Gasteiger partial charge in [-0.25, -0.2) is 9.67 Å². The van der Waals surface area contributed by atoms with Crippen LogP contribution in [0.15, 0.2) is 48.0 Å². The smallest absolute Gasteiger partial charge is 0.268 e. The van der Waals surface area contributed by atoms with Gasteiger partial charge in [0.1, 0.15) is 11.2 Å². The highest BCUT2D eigenvalue weighted by atomic mass is 16.1. The van der Waals surface area contributed by atoms with E-state index >= 15 is 0 Å². The van der Waals surface area contributed by atoms with Gasteiger partial charge in [0, 0.05) is 12.4 Å². The van der Waals surface area contributed by atoms with E-state index in [9.17, 15) is 4.79 Å². The molecule has 0 aliphatic carbocycles. The number of hydrogen-bond donors (Lipinski definition) is 0. The van der Waals surface area contributed by atoms with Crippen molar-refractivity contribution in [3.63, 3.8) is 0 Å². The molecule has 0 atom stereocenters. The van der Waals surface area contributed by atoms with Gasteiger partial charge in [-0.15, -0.1) is 11.7 Å². The largest absolute Gasteiger partial charge is 0.269 e. The number of pyridine rings is 1. The Labute approximate surface area is 107 Å². The summed E-state index contributed by atoms with van der Waals surface area (Å²) in [5.41, 5.74) is 0.736. The van der Waals surface area contributed by atoms with Crippen LogP contribution in [0.2, 0.25) is 0 Å². The first kappa shape index (κ1) is 11.3. The molecule has 7 nitrogen and oxygen atoms in total. The van der Waals surface area contributed by atoms with Crippen LogP contribution >= 0.6 is 0 Å². The Morgan fingerprint density at radius 1 is 1.37 bits per heavy atom. The molecule has 0 spiro atoms. The zero-order valence-electron chi connectivity index (χ0n) is 9.97. The molecule has 94 valence electrons. The van der Waals surface area contributed by atoms with Crippen LogP contribution in [0.1, 0.15) is 0 Å². The summed E-state index contributed by atoms with van der Waals surface area (Å²) < 4.78 is 2.96. The van der Waals surface area contributed by atoms with Gasteiger partial charge >= 0.3 is 0 Å².